The molecule has 1 aromatic rings. The van der Waals surface area contributed by atoms with Crippen molar-refractivity contribution in [2.75, 3.05) is 11.5 Å². The van der Waals surface area contributed by atoms with Crippen LogP contribution < -0.4 is 21.7 Å². The maximum atomic E-state index is 12.6. The monoisotopic (exact) mass is 470 g/mol. The van der Waals surface area contributed by atoms with Crippen LogP contribution in [-0.4, -0.2) is 64.5 Å². The highest BCUT2D eigenvalue weighted by molar-refractivity contribution is 7.80. The van der Waals surface area contributed by atoms with E-state index in [-0.39, 0.29) is 23.8 Å². The second kappa shape index (κ2) is 13.2. The number of carboxylic acid groups (broad SMARTS) is 1. The number of carbonyl (C=O) groups is 4. The Bertz CT molecular complexity index is 763. The van der Waals surface area contributed by atoms with Crippen molar-refractivity contribution in [2.24, 2.45) is 11.7 Å². The van der Waals surface area contributed by atoms with E-state index in [1.54, 1.807) is 44.2 Å². The molecule has 4 unspecified atom stereocenters. The molecule has 0 heterocycles. The lowest BCUT2D eigenvalue weighted by Crippen LogP contribution is -2.58. The third-order valence-corrected chi connectivity index (χ3v) is 5.28. The van der Waals surface area contributed by atoms with E-state index in [1.807, 2.05) is 0 Å². The molecule has 31 heavy (non-hydrogen) atoms. The molecule has 4 atom stereocenters. The van der Waals surface area contributed by atoms with Crippen LogP contribution in [0.2, 0.25) is 0 Å². The standard InChI is InChI=1S/C20H30N4O5S2/c1-11(2)16(21)19(27)24-15(10-31)18(26)23-14(9-30)17(25)22-13(20(28)29)8-12-6-4-3-5-7-12/h3-7,11,13-16,30-31H,8-10,21H2,1-2H3,(H,22,25)(H,23,26)(H,24,27)(H,28,29). The van der Waals surface area contributed by atoms with Crippen LogP contribution in [0.1, 0.15) is 19.4 Å². The van der Waals surface area contributed by atoms with E-state index in [2.05, 4.69) is 41.2 Å². The second-order valence-corrected chi connectivity index (χ2v) is 8.08. The summed E-state index contributed by atoms with van der Waals surface area (Å²) in [5.41, 5.74) is 6.52. The molecular formula is C20H30N4O5S2. The van der Waals surface area contributed by atoms with Crippen molar-refractivity contribution in [1.29, 1.82) is 0 Å². The Labute approximate surface area is 192 Å². The van der Waals surface area contributed by atoms with Crippen LogP contribution in [0.5, 0.6) is 0 Å². The third-order valence-electron chi connectivity index (χ3n) is 4.55. The van der Waals surface area contributed by atoms with Crippen LogP contribution in [0.25, 0.3) is 0 Å². The summed E-state index contributed by atoms with van der Waals surface area (Å²) in [5, 5.41) is 16.9. The average molecular weight is 471 g/mol. The Morgan fingerprint density at radius 1 is 0.871 bits per heavy atom. The van der Waals surface area contributed by atoms with Gasteiger partial charge in [-0.05, 0) is 11.5 Å². The quantitative estimate of drug-likeness (QED) is 0.207. The number of hydrogen-bond donors (Lipinski definition) is 7. The Kier molecular flexibility index (Phi) is 11.4. The summed E-state index contributed by atoms with van der Waals surface area (Å²) in [6.07, 6.45) is 0.0809. The van der Waals surface area contributed by atoms with Gasteiger partial charge in [-0.15, -0.1) is 0 Å². The van der Waals surface area contributed by atoms with E-state index in [0.29, 0.717) is 0 Å². The van der Waals surface area contributed by atoms with Gasteiger partial charge < -0.3 is 26.8 Å². The fourth-order valence-corrected chi connectivity index (χ4v) is 3.07. The molecule has 9 nitrogen and oxygen atoms in total. The molecule has 0 saturated heterocycles. The van der Waals surface area contributed by atoms with E-state index >= 15 is 0 Å². The second-order valence-electron chi connectivity index (χ2n) is 7.35. The lowest BCUT2D eigenvalue weighted by molar-refractivity contribution is -0.142. The Morgan fingerprint density at radius 2 is 1.32 bits per heavy atom. The van der Waals surface area contributed by atoms with Gasteiger partial charge in [-0.2, -0.15) is 25.3 Å². The number of thiol groups is 2. The fraction of sp³-hybridized carbons (Fsp3) is 0.500. The van der Waals surface area contributed by atoms with Crippen LogP contribution in [0.15, 0.2) is 30.3 Å². The van der Waals surface area contributed by atoms with E-state index < -0.39 is 47.9 Å². The van der Waals surface area contributed by atoms with Crippen LogP contribution in [-0.2, 0) is 25.6 Å². The lowest BCUT2D eigenvalue weighted by atomic mass is 10.0. The summed E-state index contributed by atoms with van der Waals surface area (Å²) in [4.78, 5) is 48.8. The van der Waals surface area contributed by atoms with Gasteiger partial charge in [0.1, 0.15) is 18.1 Å². The predicted octanol–water partition coefficient (Wildman–Crippen LogP) is -0.389. The number of benzene rings is 1. The minimum absolute atomic E-state index is 0.0188. The highest BCUT2D eigenvalue weighted by atomic mass is 32.1. The minimum atomic E-state index is -1.20. The molecule has 0 spiro atoms. The van der Waals surface area contributed by atoms with Gasteiger partial charge >= 0.3 is 5.97 Å². The molecule has 1 aromatic carbocycles. The van der Waals surface area contributed by atoms with Crippen molar-refractivity contribution in [3.8, 4) is 0 Å². The number of aliphatic carboxylic acids is 1. The van der Waals surface area contributed by atoms with Gasteiger partial charge in [0.2, 0.25) is 17.7 Å². The molecule has 0 fully saturated rings. The molecule has 3 amide bonds. The minimum Gasteiger partial charge on any atom is -0.480 e. The lowest BCUT2D eigenvalue weighted by Gasteiger charge is -2.24. The Hall–Kier alpha value is -2.24. The molecule has 0 radical (unpaired) electrons. The number of hydrogen-bond acceptors (Lipinski definition) is 7. The van der Waals surface area contributed by atoms with Crippen molar-refractivity contribution in [1.82, 2.24) is 16.0 Å². The van der Waals surface area contributed by atoms with E-state index in [4.69, 9.17) is 5.73 Å². The number of rotatable bonds is 12. The number of carboxylic acids is 1. The predicted molar refractivity (Wildman–Crippen MR) is 124 cm³/mol. The number of nitrogens with two attached hydrogens (primary N) is 1. The van der Waals surface area contributed by atoms with Gasteiger partial charge in [-0.1, -0.05) is 44.2 Å². The highest BCUT2D eigenvalue weighted by Crippen LogP contribution is 2.05. The van der Waals surface area contributed by atoms with E-state index in [9.17, 15) is 24.3 Å². The zero-order valence-electron chi connectivity index (χ0n) is 17.4. The molecule has 1 rings (SSSR count). The molecule has 0 aliphatic carbocycles. The molecular weight excluding hydrogens is 440 g/mol. The molecule has 0 saturated carbocycles. The van der Waals surface area contributed by atoms with Gasteiger partial charge in [0.05, 0.1) is 6.04 Å². The average Bonchev–Trinajstić information content (AvgIpc) is 2.74. The zero-order chi connectivity index (χ0) is 23.6. The molecule has 0 aliphatic rings. The molecule has 0 aromatic heterocycles. The summed E-state index contributed by atoms with van der Waals surface area (Å²) in [6, 6.07) is 4.74. The Morgan fingerprint density at radius 3 is 1.74 bits per heavy atom. The smallest absolute Gasteiger partial charge is 0.326 e. The third kappa shape index (κ3) is 8.80. The first-order valence-electron chi connectivity index (χ1n) is 9.75. The first kappa shape index (κ1) is 26.8. The van der Waals surface area contributed by atoms with Gasteiger partial charge in [0, 0.05) is 17.9 Å². The normalized spacial score (nSPS) is 14.8. The largest absolute Gasteiger partial charge is 0.480 e. The number of carbonyl (C=O) groups excluding carboxylic acids is 3. The van der Waals surface area contributed by atoms with Crippen LogP contribution in [0.3, 0.4) is 0 Å². The van der Waals surface area contributed by atoms with Crippen LogP contribution in [0.4, 0.5) is 0 Å². The van der Waals surface area contributed by atoms with Crippen LogP contribution >= 0.6 is 25.3 Å². The van der Waals surface area contributed by atoms with Crippen molar-refractivity contribution in [2.45, 2.75) is 44.4 Å². The fourth-order valence-electron chi connectivity index (χ4n) is 2.55. The molecule has 11 heteroatoms. The van der Waals surface area contributed by atoms with Crippen molar-refractivity contribution in [3.05, 3.63) is 35.9 Å². The van der Waals surface area contributed by atoms with Gasteiger partial charge in [-0.25, -0.2) is 4.79 Å². The summed E-state index contributed by atoms with van der Waals surface area (Å²) in [5.74, 6) is -3.28. The van der Waals surface area contributed by atoms with E-state index in [0.717, 1.165) is 5.56 Å². The number of nitrogens with one attached hydrogen (secondary N) is 3. The summed E-state index contributed by atoms with van der Waals surface area (Å²) >= 11 is 8.16. The summed E-state index contributed by atoms with van der Waals surface area (Å²) in [6.45, 7) is 3.55. The van der Waals surface area contributed by atoms with Gasteiger partial charge in [0.25, 0.3) is 0 Å². The van der Waals surface area contributed by atoms with Crippen LogP contribution in [0, 0.1) is 5.92 Å². The molecule has 6 N–H and O–H groups in total. The Balaban J connectivity index is 2.77. The topological polar surface area (TPSA) is 151 Å². The molecule has 0 bridgehead atoms. The number of amides is 3. The maximum Gasteiger partial charge on any atom is 0.326 e. The SMILES string of the molecule is CC(C)C(N)C(=O)NC(CS)C(=O)NC(CS)C(=O)NC(Cc1ccccc1)C(=O)O. The van der Waals surface area contributed by atoms with Crippen molar-refractivity contribution in [3.63, 3.8) is 0 Å². The van der Waals surface area contributed by atoms with E-state index in [1.165, 1.54) is 0 Å². The zero-order valence-corrected chi connectivity index (χ0v) is 19.2. The van der Waals surface area contributed by atoms with Crippen molar-refractivity contribution < 1.29 is 24.3 Å². The maximum absolute atomic E-state index is 12.6. The highest BCUT2D eigenvalue weighted by Gasteiger charge is 2.29. The summed E-state index contributed by atoms with van der Waals surface area (Å²) in [7, 11) is 0. The first-order chi connectivity index (χ1) is 14.6. The van der Waals surface area contributed by atoms with Gasteiger partial charge in [-0.3, -0.25) is 14.4 Å². The summed E-state index contributed by atoms with van der Waals surface area (Å²) < 4.78 is 0. The molecule has 0 aliphatic heterocycles. The molecule has 172 valence electrons. The first-order valence-corrected chi connectivity index (χ1v) is 11.0. The van der Waals surface area contributed by atoms with Crippen molar-refractivity contribution >= 4 is 48.9 Å². The van der Waals surface area contributed by atoms with Gasteiger partial charge in [0.15, 0.2) is 0 Å².